The number of phenols is 1. The van der Waals surface area contributed by atoms with Crippen LogP contribution in [0.5, 0.6) is 5.75 Å². The number of amides is 1. The van der Waals surface area contributed by atoms with Crippen LogP contribution in [-0.2, 0) is 4.74 Å². The van der Waals surface area contributed by atoms with Gasteiger partial charge in [0.05, 0.1) is 13.2 Å². The first-order chi connectivity index (χ1) is 14.2. The standard InChI is InChI=1S/C23H25N3O3/c27-21-16-20(15-18-6-2-7-24-22(18)21)17-4-1-5-19(14-17)23(28)25-8-3-9-26-10-12-29-13-11-26/h1-2,4-7,14-16,27H,3,8-13H2,(H,25,28). The van der Waals surface area contributed by atoms with Gasteiger partial charge in [-0.05, 0) is 54.4 Å². The van der Waals surface area contributed by atoms with Gasteiger partial charge in [0.2, 0.25) is 0 Å². The number of aromatic hydroxyl groups is 1. The molecule has 1 aromatic heterocycles. The van der Waals surface area contributed by atoms with E-state index in [0.717, 1.165) is 55.8 Å². The molecule has 29 heavy (non-hydrogen) atoms. The summed E-state index contributed by atoms with van der Waals surface area (Å²) in [6.07, 6.45) is 2.57. The number of morpholine rings is 1. The lowest BCUT2D eigenvalue weighted by atomic mass is 10.0. The predicted molar refractivity (Wildman–Crippen MR) is 113 cm³/mol. The molecule has 150 valence electrons. The number of ether oxygens (including phenoxy) is 1. The third-order valence-electron chi connectivity index (χ3n) is 5.18. The minimum Gasteiger partial charge on any atom is -0.506 e. The van der Waals surface area contributed by atoms with Crippen molar-refractivity contribution in [2.75, 3.05) is 39.4 Å². The van der Waals surface area contributed by atoms with Gasteiger partial charge in [-0.2, -0.15) is 0 Å². The SMILES string of the molecule is O=C(NCCCN1CCOCC1)c1cccc(-c2cc(O)c3ncccc3c2)c1. The lowest BCUT2D eigenvalue weighted by Gasteiger charge is -2.26. The molecule has 0 aliphatic carbocycles. The van der Waals surface area contributed by atoms with E-state index >= 15 is 0 Å². The van der Waals surface area contributed by atoms with E-state index in [1.54, 1.807) is 12.3 Å². The summed E-state index contributed by atoms with van der Waals surface area (Å²) in [7, 11) is 0. The fourth-order valence-electron chi connectivity index (χ4n) is 3.61. The van der Waals surface area contributed by atoms with Crippen LogP contribution in [0.3, 0.4) is 0 Å². The molecule has 0 unspecified atom stereocenters. The predicted octanol–water partition coefficient (Wildman–Crippen LogP) is 3.06. The Labute approximate surface area is 170 Å². The Morgan fingerprint density at radius 2 is 1.97 bits per heavy atom. The molecule has 2 heterocycles. The highest BCUT2D eigenvalue weighted by Crippen LogP contribution is 2.30. The van der Waals surface area contributed by atoms with E-state index in [1.165, 1.54) is 0 Å². The highest BCUT2D eigenvalue weighted by molar-refractivity contribution is 5.96. The monoisotopic (exact) mass is 391 g/mol. The van der Waals surface area contributed by atoms with Crippen molar-refractivity contribution in [1.29, 1.82) is 0 Å². The quantitative estimate of drug-likeness (QED) is 0.632. The molecule has 0 spiro atoms. The number of nitrogens with zero attached hydrogens (tertiary/aromatic N) is 2. The maximum Gasteiger partial charge on any atom is 0.251 e. The van der Waals surface area contributed by atoms with E-state index in [9.17, 15) is 9.90 Å². The summed E-state index contributed by atoms with van der Waals surface area (Å²) in [5.41, 5.74) is 2.92. The highest BCUT2D eigenvalue weighted by Gasteiger charge is 2.11. The Morgan fingerprint density at radius 3 is 2.83 bits per heavy atom. The van der Waals surface area contributed by atoms with Crippen LogP contribution in [0, 0.1) is 0 Å². The molecule has 0 saturated carbocycles. The van der Waals surface area contributed by atoms with Gasteiger partial charge in [0, 0.05) is 36.8 Å². The third-order valence-corrected chi connectivity index (χ3v) is 5.18. The van der Waals surface area contributed by atoms with Crippen molar-refractivity contribution in [1.82, 2.24) is 15.2 Å². The number of carbonyl (C=O) groups excluding carboxylic acids is 1. The second kappa shape index (κ2) is 9.03. The Hall–Kier alpha value is -2.96. The molecule has 1 fully saturated rings. The number of hydrogen-bond acceptors (Lipinski definition) is 5. The maximum atomic E-state index is 12.6. The summed E-state index contributed by atoms with van der Waals surface area (Å²) in [5.74, 6) is 0.0524. The fourth-order valence-corrected chi connectivity index (χ4v) is 3.61. The second-order valence-corrected chi connectivity index (χ2v) is 7.21. The molecular weight excluding hydrogens is 366 g/mol. The first-order valence-corrected chi connectivity index (χ1v) is 9.97. The summed E-state index contributed by atoms with van der Waals surface area (Å²) in [4.78, 5) is 19.1. The topological polar surface area (TPSA) is 74.7 Å². The van der Waals surface area contributed by atoms with Crippen LogP contribution < -0.4 is 5.32 Å². The third kappa shape index (κ3) is 4.72. The zero-order valence-corrected chi connectivity index (χ0v) is 16.3. The summed E-state index contributed by atoms with van der Waals surface area (Å²) >= 11 is 0. The number of carbonyl (C=O) groups is 1. The van der Waals surface area contributed by atoms with Crippen molar-refractivity contribution in [2.45, 2.75) is 6.42 Å². The molecule has 1 aliphatic heterocycles. The molecular formula is C23H25N3O3. The van der Waals surface area contributed by atoms with Crippen LogP contribution >= 0.6 is 0 Å². The van der Waals surface area contributed by atoms with Crippen LogP contribution in [0.2, 0.25) is 0 Å². The van der Waals surface area contributed by atoms with E-state index < -0.39 is 0 Å². The van der Waals surface area contributed by atoms with Crippen molar-refractivity contribution in [3.63, 3.8) is 0 Å². The molecule has 0 radical (unpaired) electrons. The van der Waals surface area contributed by atoms with Crippen molar-refractivity contribution < 1.29 is 14.6 Å². The molecule has 6 nitrogen and oxygen atoms in total. The molecule has 2 aromatic carbocycles. The number of benzene rings is 2. The molecule has 3 aromatic rings. The lowest BCUT2D eigenvalue weighted by Crippen LogP contribution is -2.38. The number of aromatic nitrogens is 1. The Balaban J connectivity index is 1.41. The van der Waals surface area contributed by atoms with Gasteiger partial charge >= 0.3 is 0 Å². The molecule has 1 saturated heterocycles. The first kappa shape index (κ1) is 19.4. The van der Waals surface area contributed by atoms with E-state index in [-0.39, 0.29) is 11.7 Å². The van der Waals surface area contributed by atoms with E-state index in [1.807, 2.05) is 42.5 Å². The number of nitrogens with one attached hydrogen (secondary N) is 1. The van der Waals surface area contributed by atoms with Crippen molar-refractivity contribution >= 4 is 16.8 Å². The highest BCUT2D eigenvalue weighted by atomic mass is 16.5. The second-order valence-electron chi connectivity index (χ2n) is 7.21. The Kier molecular flexibility index (Phi) is 6.03. The number of rotatable bonds is 6. The van der Waals surface area contributed by atoms with Gasteiger partial charge in [-0.25, -0.2) is 0 Å². The smallest absolute Gasteiger partial charge is 0.251 e. The van der Waals surface area contributed by atoms with Crippen LogP contribution in [0.25, 0.3) is 22.0 Å². The average molecular weight is 391 g/mol. The van der Waals surface area contributed by atoms with Gasteiger partial charge in [-0.1, -0.05) is 18.2 Å². The zero-order chi connectivity index (χ0) is 20.1. The molecule has 0 bridgehead atoms. The number of pyridine rings is 1. The van der Waals surface area contributed by atoms with Gasteiger partial charge in [0.15, 0.2) is 0 Å². The fraction of sp³-hybridized carbons (Fsp3) is 0.304. The molecule has 4 rings (SSSR count). The summed E-state index contributed by atoms with van der Waals surface area (Å²) in [6.45, 7) is 5.12. The van der Waals surface area contributed by atoms with Crippen molar-refractivity contribution in [2.24, 2.45) is 0 Å². The Bertz CT molecular complexity index is 1000. The molecule has 1 amide bonds. The van der Waals surface area contributed by atoms with Gasteiger partial charge in [0.1, 0.15) is 11.3 Å². The maximum absolute atomic E-state index is 12.6. The van der Waals surface area contributed by atoms with Gasteiger partial charge in [-0.3, -0.25) is 14.7 Å². The van der Waals surface area contributed by atoms with Gasteiger partial charge in [-0.15, -0.1) is 0 Å². The lowest BCUT2D eigenvalue weighted by molar-refractivity contribution is 0.0374. The average Bonchev–Trinajstić information content (AvgIpc) is 2.77. The minimum atomic E-state index is -0.0829. The molecule has 0 atom stereocenters. The summed E-state index contributed by atoms with van der Waals surface area (Å²) in [6, 6.07) is 14.9. The summed E-state index contributed by atoms with van der Waals surface area (Å²) in [5, 5.41) is 14.2. The number of phenolic OH excluding ortho intramolecular Hbond substituents is 1. The van der Waals surface area contributed by atoms with Gasteiger partial charge in [0.25, 0.3) is 5.91 Å². The van der Waals surface area contributed by atoms with E-state index in [4.69, 9.17) is 4.74 Å². The number of hydrogen-bond donors (Lipinski definition) is 2. The largest absolute Gasteiger partial charge is 0.506 e. The van der Waals surface area contributed by atoms with Crippen LogP contribution in [-0.4, -0.2) is 60.3 Å². The summed E-state index contributed by atoms with van der Waals surface area (Å²) < 4.78 is 5.35. The molecule has 6 heteroatoms. The van der Waals surface area contributed by atoms with Crippen LogP contribution in [0.1, 0.15) is 16.8 Å². The van der Waals surface area contributed by atoms with Crippen molar-refractivity contribution in [3.05, 3.63) is 60.3 Å². The Morgan fingerprint density at radius 1 is 1.10 bits per heavy atom. The van der Waals surface area contributed by atoms with E-state index in [2.05, 4.69) is 15.2 Å². The van der Waals surface area contributed by atoms with Gasteiger partial charge < -0.3 is 15.2 Å². The molecule has 2 N–H and O–H groups in total. The van der Waals surface area contributed by atoms with Crippen LogP contribution in [0.4, 0.5) is 0 Å². The number of fused-ring (bicyclic) bond motifs is 1. The van der Waals surface area contributed by atoms with Crippen molar-refractivity contribution in [3.8, 4) is 16.9 Å². The normalized spacial score (nSPS) is 14.8. The van der Waals surface area contributed by atoms with E-state index in [0.29, 0.717) is 17.6 Å². The zero-order valence-electron chi connectivity index (χ0n) is 16.3. The first-order valence-electron chi connectivity index (χ1n) is 9.97. The molecule has 1 aliphatic rings. The van der Waals surface area contributed by atoms with Crippen LogP contribution in [0.15, 0.2) is 54.7 Å². The minimum absolute atomic E-state index is 0.0829.